The number of carbonyl (C=O) groups excluding carboxylic acids is 2. The summed E-state index contributed by atoms with van der Waals surface area (Å²) in [4.78, 5) is 27.3. The van der Waals surface area contributed by atoms with E-state index in [1.807, 2.05) is 30.3 Å². The Hall–Kier alpha value is -3.49. The summed E-state index contributed by atoms with van der Waals surface area (Å²) in [5.74, 6) is -2.30. The fraction of sp³-hybridized carbons (Fsp3) is 0.158. The van der Waals surface area contributed by atoms with E-state index in [2.05, 4.69) is 20.0 Å². The van der Waals surface area contributed by atoms with Crippen molar-refractivity contribution in [3.05, 3.63) is 71.6 Å². The highest BCUT2D eigenvalue weighted by Gasteiger charge is 2.38. The van der Waals surface area contributed by atoms with Gasteiger partial charge in [0.25, 0.3) is 0 Å². The minimum atomic E-state index is -4.72. The maximum atomic E-state index is 12.5. The van der Waals surface area contributed by atoms with E-state index in [4.69, 9.17) is 0 Å². The molecule has 0 aliphatic heterocycles. The highest BCUT2D eigenvalue weighted by molar-refractivity contribution is 5.99. The molecule has 1 heterocycles. The second kappa shape index (κ2) is 8.03. The fourth-order valence-corrected chi connectivity index (χ4v) is 2.39. The Morgan fingerprint density at radius 2 is 1.68 bits per heavy atom. The molecule has 2 aromatic carbocycles. The lowest BCUT2D eigenvalue weighted by atomic mass is 10.1. The normalized spacial score (nSPS) is 11.2. The van der Waals surface area contributed by atoms with Crippen LogP contribution in [-0.4, -0.2) is 28.4 Å². The fourth-order valence-electron chi connectivity index (χ4n) is 2.39. The Morgan fingerprint density at radius 3 is 2.29 bits per heavy atom. The van der Waals surface area contributed by atoms with Crippen LogP contribution in [0.3, 0.4) is 0 Å². The molecular formula is C19H14F3N3O3. The first kappa shape index (κ1) is 19.3. The molecule has 3 aromatic rings. The van der Waals surface area contributed by atoms with E-state index in [0.29, 0.717) is 5.56 Å². The van der Waals surface area contributed by atoms with Gasteiger partial charge in [0.1, 0.15) is 0 Å². The predicted octanol–water partition coefficient (Wildman–Crippen LogP) is 3.30. The van der Waals surface area contributed by atoms with Crippen LogP contribution >= 0.6 is 0 Å². The molecule has 1 aromatic heterocycles. The molecule has 0 saturated carbocycles. The first-order valence-corrected chi connectivity index (χ1v) is 8.18. The zero-order valence-electron chi connectivity index (χ0n) is 14.4. The lowest BCUT2D eigenvalue weighted by Crippen LogP contribution is -2.30. The van der Waals surface area contributed by atoms with Crippen LogP contribution in [0.1, 0.15) is 21.8 Å². The third-order valence-electron chi connectivity index (χ3n) is 3.79. The van der Waals surface area contributed by atoms with Crippen LogP contribution in [0.4, 0.5) is 13.2 Å². The minimum Gasteiger partial charge on any atom is -0.348 e. The Balaban J connectivity index is 1.58. The van der Waals surface area contributed by atoms with Gasteiger partial charge in [0.15, 0.2) is 5.78 Å². The van der Waals surface area contributed by atoms with Gasteiger partial charge >= 0.3 is 12.1 Å². The molecule has 9 heteroatoms. The molecule has 0 aliphatic rings. The van der Waals surface area contributed by atoms with Crippen LogP contribution in [0.5, 0.6) is 0 Å². The molecule has 28 heavy (non-hydrogen) atoms. The van der Waals surface area contributed by atoms with Gasteiger partial charge in [-0.2, -0.15) is 18.2 Å². The first-order chi connectivity index (χ1) is 13.3. The van der Waals surface area contributed by atoms with Crippen molar-refractivity contribution in [2.24, 2.45) is 0 Å². The van der Waals surface area contributed by atoms with Gasteiger partial charge in [-0.3, -0.25) is 9.59 Å². The van der Waals surface area contributed by atoms with Crippen molar-refractivity contribution in [3.63, 3.8) is 0 Å². The zero-order valence-corrected chi connectivity index (χ0v) is 14.4. The SMILES string of the molecule is O=C(Cc1ccccc1)NCC(=O)c1ccc(-c2noc(C(F)(F)F)n2)cc1. The molecule has 144 valence electrons. The van der Waals surface area contributed by atoms with Crippen molar-refractivity contribution in [3.8, 4) is 11.4 Å². The van der Waals surface area contributed by atoms with Gasteiger partial charge in [0, 0.05) is 11.1 Å². The topological polar surface area (TPSA) is 85.1 Å². The number of ketones is 1. The number of benzene rings is 2. The summed E-state index contributed by atoms with van der Waals surface area (Å²) < 4.78 is 41.7. The molecule has 0 atom stereocenters. The van der Waals surface area contributed by atoms with Crippen LogP contribution < -0.4 is 5.32 Å². The van der Waals surface area contributed by atoms with E-state index in [-0.39, 0.29) is 36.0 Å². The number of nitrogens with one attached hydrogen (secondary N) is 1. The minimum absolute atomic E-state index is 0.159. The molecule has 0 unspecified atom stereocenters. The van der Waals surface area contributed by atoms with Crippen LogP contribution in [0, 0.1) is 0 Å². The van der Waals surface area contributed by atoms with Crippen LogP contribution in [0.15, 0.2) is 59.1 Å². The van der Waals surface area contributed by atoms with E-state index >= 15 is 0 Å². The summed E-state index contributed by atoms with van der Waals surface area (Å²) in [6.45, 7) is -0.189. The van der Waals surface area contributed by atoms with E-state index in [1.54, 1.807) is 0 Å². The number of hydrogen-bond donors (Lipinski definition) is 1. The van der Waals surface area contributed by atoms with Crippen molar-refractivity contribution >= 4 is 11.7 Å². The van der Waals surface area contributed by atoms with Gasteiger partial charge in [-0.05, 0) is 5.56 Å². The third kappa shape index (κ3) is 4.81. The summed E-state index contributed by atoms with van der Waals surface area (Å²) in [5.41, 5.74) is 1.39. The van der Waals surface area contributed by atoms with Crippen LogP contribution in [-0.2, 0) is 17.4 Å². The predicted molar refractivity (Wildman–Crippen MR) is 92.2 cm³/mol. The number of carbonyl (C=O) groups is 2. The van der Waals surface area contributed by atoms with Gasteiger partial charge in [-0.25, -0.2) is 0 Å². The summed E-state index contributed by atoms with van der Waals surface area (Å²) in [6, 6.07) is 14.7. The number of rotatable bonds is 6. The molecule has 0 fully saturated rings. The van der Waals surface area contributed by atoms with Crippen LogP contribution in [0.2, 0.25) is 0 Å². The monoisotopic (exact) mass is 389 g/mol. The van der Waals surface area contributed by atoms with E-state index in [9.17, 15) is 22.8 Å². The average molecular weight is 389 g/mol. The second-order valence-corrected chi connectivity index (χ2v) is 5.86. The Morgan fingerprint density at radius 1 is 1.00 bits per heavy atom. The molecule has 0 saturated heterocycles. The highest BCUT2D eigenvalue weighted by atomic mass is 19.4. The van der Waals surface area contributed by atoms with Gasteiger partial charge in [0.05, 0.1) is 13.0 Å². The quantitative estimate of drug-likeness (QED) is 0.654. The van der Waals surface area contributed by atoms with Crippen molar-refractivity contribution in [2.75, 3.05) is 6.54 Å². The Kier molecular flexibility index (Phi) is 5.53. The van der Waals surface area contributed by atoms with Crippen molar-refractivity contribution < 1.29 is 27.3 Å². The molecule has 0 spiro atoms. The lowest BCUT2D eigenvalue weighted by molar-refractivity contribution is -0.159. The van der Waals surface area contributed by atoms with E-state index in [1.165, 1.54) is 24.3 Å². The molecule has 0 radical (unpaired) electrons. The maximum Gasteiger partial charge on any atom is 0.471 e. The molecule has 1 N–H and O–H groups in total. The third-order valence-corrected chi connectivity index (χ3v) is 3.79. The Labute approximate surface area is 157 Å². The van der Waals surface area contributed by atoms with Crippen molar-refractivity contribution in [1.82, 2.24) is 15.5 Å². The van der Waals surface area contributed by atoms with Gasteiger partial charge < -0.3 is 9.84 Å². The smallest absolute Gasteiger partial charge is 0.348 e. The second-order valence-electron chi connectivity index (χ2n) is 5.86. The van der Waals surface area contributed by atoms with Gasteiger partial charge in [-0.1, -0.05) is 59.8 Å². The standard InChI is InChI=1S/C19H14F3N3O3/c20-19(21,22)18-24-17(25-28-18)14-8-6-13(7-9-14)15(26)11-23-16(27)10-12-4-2-1-3-5-12/h1-9H,10-11H2,(H,23,27). The molecule has 0 bridgehead atoms. The van der Waals surface area contributed by atoms with E-state index in [0.717, 1.165) is 5.56 Å². The largest absolute Gasteiger partial charge is 0.471 e. The maximum absolute atomic E-state index is 12.5. The number of halogens is 3. The number of alkyl halides is 3. The summed E-state index contributed by atoms with van der Waals surface area (Å²) in [5, 5.41) is 5.82. The van der Waals surface area contributed by atoms with Crippen molar-refractivity contribution in [1.29, 1.82) is 0 Å². The molecule has 6 nitrogen and oxygen atoms in total. The average Bonchev–Trinajstić information content (AvgIpc) is 3.18. The summed E-state index contributed by atoms with van der Waals surface area (Å²) >= 11 is 0. The van der Waals surface area contributed by atoms with Gasteiger partial charge in [-0.15, -0.1) is 0 Å². The lowest BCUT2D eigenvalue weighted by Gasteiger charge is -2.05. The molecule has 0 aliphatic carbocycles. The molecule has 3 rings (SSSR count). The Bertz CT molecular complexity index is 967. The zero-order chi connectivity index (χ0) is 20.1. The van der Waals surface area contributed by atoms with Crippen LogP contribution in [0.25, 0.3) is 11.4 Å². The summed E-state index contributed by atoms with van der Waals surface area (Å²) in [6.07, 6.45) is -4.56. The molecular weight excluding hydrogens is 375 g/mol. The number of Topliss-reactive ketones (excluding diaryl/α,β-unsaturated/α-hetero) is 1. The van der Waals surface area contributed by atoms with Gasteiger partial charge in [0.2, 0.25) is 11.7 Å². The highest BCUT2D eigenvalue weighted by Crippen LogP contribution is 2.29. The van der Waals surface area contributed by atoms with Crippen molar-refractivity contribution in [2.45, 2.75) is 12.6 Å². The number of aromatic nitrogens is 2. The first-order valence-electron chi connectivity index (χ1n) is 8.18. The number of hydrogen-bond acceptors (Lipinski definition) is 5. The molecule has 1 amide bonds. The van der Waals surface area contributed by atoms with E-state index < -0.39 is 12.1 Å². The number of amides is 1. The number of nitrogens with zero attached hydrogens (tertiary/aromatic N) is 2. The summed E-state index contributed by atoms with van der Waals surface area (Å²) in [7, 11) is 0.